The van der Waals surface area contributed by atoms with Gasteiger partial charge in [-0.25, -0.2) is 4.98 Å². The van der Waals surface area contributed by atoms with Crippen LogP contribution < -0.4 is 10.9 Å². The minimum atomic E-state index is -0.124. The molecule has 1 aromatic carbocycles. The maximum Gasteiger partial charge on any atom is 0.272 e. The van der Waals surface area contributed by atoms with Crippen molar-refractivity contribution in [3.8, 4) is 0 Å². The predicted molar refractivity (Wildman–Crippen MR) is 97.3 cm³/mol. The predicted octanol–water partition coefficient (Wildman–Crippen LogP) is 2.87. The fraction of sp³-hybridized carbons (Fsp3) is 0.526. The zero-order chi connectivity index (χ0) is 17.9. The molecule has 0 aliphatic carbocycles. The van der Waals surface area contributed by atoms with Crippen LogP contribution in [0.25, 0.3) is 11.0 Å². The van der Waals surface area contributed by atoms with E-state index in [-0.39, 0.29) is 11.5 Å². The summed E-state index contributed by atoms with van der Waals surface area (Å²) in [4.78, 5) is 28.9. The standard InChI is InChI=1S/C19H27N3O2/c1-12(2)6-8-20-18(23)7-9-22-17-11-14(4)13(3)10-16(17)21-15(5)19(22)24/h10-12H,6-9H2,1-5H3,(H,20,23). The SMILES string of the molecule is Cc1cc2nc(C)c(=O)n(CCC(=O)NCCC(C)C)c2cc1C. The second kappa shape index (κ2) is 7.60. The van der Waals surface area contributed by atoms with E-state index < -0.39 is 0 Å². The number of benzene rings is 1. The lowest BCUT2D eigenvalue weighted by molar-refractivity contribution is -0.121. The fourth-order valence-corrected chi connectivity index (χ4v) is 2.65. The normalized spacial score (nSPS) is 11.2. The first kappa shape index (κ1) is 18.2. The van der Waals surface area contributed by atoms with Crippen LogP contribution in [0, 0.1) is 26.7 Å². The second-order valence-corrected chi connectivity index (χ2v) is 6.86. The Labute approximate surface area is 143 Å². The van der Waals surface area contributed by atoms with Gasteiger partial charge < -0.3 is 9.88 Å². The van der Waals surface area contributed by atoms with Gasteiger partial charge in [0.15, 0.2) is 0 Å². The number of rotatable bonds is 6. The Bertz CT molecular complexity index is 806. The lowest BCUT2D eigenvalue weighted by Crippen LogP contribution is -2.30. The molecule has 1 heterocycles. The molecule has 0 aliphatic heterocycles. The van der Waals surface area contributed by atoms with Crippen molar-refractivity contribution in [1.82, 2.24) is 14.9 Å². The van der Waals surface area contributed by atoms with Crippen LogP contribution in [0.5, 0.6) is 0 Å². The largest absolute Gasteiger partial charge is 0.356 e. The summed E-state index contributed by atoms with van der Waals surface area (Å²) in [7, 11) is 0. The number of nitrogens with one attached hydrogen (secondary N) is 1. The second-order valence-electron chi connectivity index (χ2n) is 6.86. The van der Waals surface area contributed by atoms with Crippen LogP contribution in [-0.2, 0) is 11.3 Å². The molecule has 0 bridgehead atoms. The highest BCUT2D eigenvalue weighted by atomic mass is 16.1. The molecule has 5 nitrogen and oxygen atoms in total. The van der Waals surface area contributed by atoms with E-state index in [1.165, 1.54) is 0 Å². The molecule has 0 saturated heterocycles. The van der Waals surface area contributed by atoms with Gasteiger partial charge in [0, 0.05) is 19.5 Å². The van der Waals surface area contributed by atoms with Gasteiger partial charge in [0.2, 0.25) is 5.91 Å². The van der Waals surface area contributed by atoms with Crippen molar-refractivity contribution in [2.45, 2.75) is 54.0 Å². The number of carbonyl (C=O) groups excluding carboxylic acids is 1. The molecule has 0 unspecified atom stereocenters. The molecule has 0 fully saturated rings. The number of hydrogen-bond donors (Lipinski definition) is 1. The van der Waals surface area contributed by atoms with Gasteiger partial charge in [0.05, 0.1) is 11.0 Å². The van der Waals surface area contributed by atoms with Crippen molar-refractivity contribution < 1.29 is 4.79 Å². The lowest BCUT2D eigenvalue weighted by Gasteiger charge is -2.13. The first-order valence-electron chi connectivity index (χ1n) is 8.54. The summed E-state index contributed by atoms with van der Waals surface area (Å²) in [5, 5.41) is 2.92. The number of fused-ring (bicyclic) bond motifs is 1. The molecular weight excluding hydrogens is 302 g/mol. The third kappa shape index (κ3) is 4.22. The number of aromatic nitrogens is 2. The van der Waals surface area contributed by atoms with E-state index in [0.717, 1.165) is 28.6 Å². The fourth-order valence-electron chi connectivity index (χ4n) is 2.65. The highest BCUT2D eigenvalue weighted by Crippen LogP contribution is 2.17. The number of carbonyl (C=O) groups is 1. The van der Waals surface area contributed by atoms with Crippen LogP contribution in [0.1, 0.15) is 43.5 Å². The van der Waals surface area contributed by atoms with Gasteiger partial charge in [-0.15, -0.1) is 0 Å². The maximum atomic E-state index is 12.5. The molecule has 0 saturated carbocycles. The Morgan fingerprint density at radius 3 is 2.54 bits per heavy atom. The minimum absolute atomic E-state index is 0.0194. The van der Waals surface area contributed by atoms with E-state index in [2.05, 4.69) is 24.1 Å². The maximum absolute atomic E-state index is 12.5. The van der Waals surface area contributed by atoms with E-state index >= 15 is 0 Å². The molecule has 1 aromatic heterocycles. The summed E-state index contributed by atoms with van der Waals surface area (Å²) in [5.74, 6) is 0.542. The van der Waals surface area contributed by atoms with Crippen molar-refractivity contribution >= 4 is 16.9 Å². The zero-order valence-electron chi connectivity index (χ0n) is 15.3. The Morgan fingerprint density at radius 2 is 1.88 bits per heavy atom. The molecule has 2 rings (SSSR count). The Kier molecular flexibility index (Phi) is 5.75. The third-order valence-corrected chi connectivity index (χ3v) is 4.33. The Hall–Kier alpha value is -2.17. The smallest absolute Gasteiger partial charge is 0.272 e. The van der Waals surface area contributed by atoms with Gasteiger partial charge in [0.25, 0.3) is 5.56 Å². The lowest BCUT2D eigenvalue weighted by atomic mass is 10.1. The monoisotopic (exact) mass is 329 g/mol. The summed E-state index contributed by atoms with van der Waals surface area (Å²) in [6.45, 7) is 11.1. The Morgan fingerprint density at radius 1 is 1.21 bits per heavy atom. The molecular formula is C19H27N3O2. The van der Waals surface area contributed by atoms with Crippen molar-refractivity contribution in [2.75, 3.05) is 6.54 Å². The van der Waals surface area contributed by atoms with Crippen LogP contribution in [0.4, 0.5) is 0 Å². The number of hydrogen-bond acceptors (Lipinski definition) is 3. The van der Waals surface area contributed by atoms with Crippen LogP contribution >= 0.6 is 0 Å². The van der Waals surface area contributed by atoms with E-state index in [4.69, 9.17) is 0 Å². The summed E-state index contributed by atoms with van der Waals surface area (Å²) >= 11 is 0. The Balaban J connectivity index is 2.22. The summed E-state index contributed by atoms with van der Waals surface area (Å²) in [6, 6.07) is 3.98. The van der Waals surface area contributed by atoms with E-state index in [0.29, 0.717) is 31.1 Å². The van der Waals surface area contributed by atoms with Gasteiger partial charge in [-0.1, -0.05) is 13.8 Å². The summed E-state index contributed by atoms with van der Waals surface area (Å²) < 4.78 is 1.67. The summed E-state index contributed by atoms with van der Waals surface area (Å²) in [5.41, 5.74) is 4.19. The molecule has 0 atom stereocenters. The highest BCUT2D eigenvalue weighted by molar-refractivity contribution is 5.78. The van der Waals surface area contributed by atoms with Crippen molar-refractivity contribution in [1.29, 1.82) is 0 Å². The van der Waals surface area contributed by atoms with Crippen LogP contribution in [0.3, 0.4) is 0 Å². The van der Waals surface area contributed by atoms with Crippen LogP contribution in [-0.4, -0.2) is 22.0 Å². The van der Waals surface area contributed by atoms with E-state index in [9.17, 15) is 9.59 Å². The van der Waals surface area contributed by atoms with Gasteiger partial charge >= 0.3 is 0 Å². The number of nitrogens with zero attached hydrogens (tertiary/aromatic N) is 2. The van der Waals surface area contributed by atoms with Gasteiger partial charge in [-0.05, 0) is 56.4 Å². The molecule has 2 aromatic rings. The van der Waals surface area contributed by atoms with Crippen LogP contribution in [0.2, 0.25) is 0 Å². The molecule has 1 amide bonds. The first-order chi connectivity index (χ1) is 11.3. The van der Waals surface area contributed by atoms with Crippen LogP contribution in [0.15, 0.2) is 16.9 Å². The van der Waals surface area contributed by atoms with E-state index in [1.54, 1.807) is 11.5 Å². The quantitative estimate of drug-likeness (QED) is 0.886. The number of amides is 1. The molecule has 130 valence electrons. The van der Waals surface area contributed by atoms with Crippen molar-refractivity contribution in [3.63, 3.8) is 0 Å². The molecule has 24 heavy (non-hydrogen) atoms. The molecule has 0 radical (unpaired) electrons. The number of aryl methyl sites for hydroxylation is 4. The average Bonchev–Trinajstić information content (AvgIpc) is 2.50. The zero-order valence-corrected chi connectivity index (χ0v) is 15.3. The summed E-state index contributed by atoms with van der Waals surface area (Å²) in [6.07, 6.45) is 1.25. The molecule has 0 aliphatic rings. The van der Waals surface area contributed by atoms with E-state index in [1.807, 2.05) is 26.0 Å². The molecule has 1 N–H and O–H groups in total. The first-order valence-corrected chi connectivity index (χ1v) is 8.54. The topological polar surface area (TPSA) is 64.0 Å². The van der Waals surface area contributed by atoms with Gasteiger partial charge in [-0.2, -0.15) is 0 Å². The minimum Gasteiger partial charge on any atom is -0.356 e. The van der Waals surface area contributed by atoms with Crippen molar-refractivity contribution in [3.05, 3.63) is 39.3 Å². The highest BCUT2D eigenvalue weighted by Gasteiger charge is 2.11. The third-order valence-electron chi connectivity index (χ3n) is 4.33. The van der Waals surface area contributed by atoms with Crippen molar-refractivity contribution in [2.24, 2.45) is 5.92 Å². The average molecular weight is 329 g/mol. The van der Waals surface area contributed by atoms with Gasteiger partial charge in [0.1, 0.15) is 5.69 Å². The molecule has 5 heteroatoms. The molecule has 0 spiro atoms. The van der Waals surface area contributed by atoms with Gasteiger partial charge in [-0.3, -0.25) is 9.59 Å².